The Balaban J connectivity index is 2.18. The van der Waals surface area contributed by atoms with Crippen LogP contribution in [0.4, 0.5) is 0 Å². The van der Waals surface area contributed by atoms with Gasteiger partial charge >= 0.3 is 0 Å². The zero-order valence-electron chi connectivity index (χ0n) is 16.2. The van der Waals surface area contributed by atoms with Crippen LogP contribution in [0, 0.1) is 18.4 Å². The van der Waals surface area contributed by atoms with E-state index in [0.29, 0.717) is 4.90 Å². The average molecular weight is 378 g/mol. The van der Waals surface area contributed by atoms with Gasteiger partial charge in [-0.15, -0.1) is 5.54 Å². The molecule has 1 aromatic rings. The summed E-state index contributed by atoms with van der Waals surface area (Å²) in [5, 5.41) is 0. The van der Waals surface area contributed by atoms with E-state index in [1.165, 1.54) is 19.3 Å². The lowest BCUT2D eigenvalue weighted by Crippen LogP contribution is -2.18. The monoisotopic (exact) mass is 377 g/mol. The van der Waals surface area contributed by atoms with Crippen molar-refractivity contribution in [1.29, 1.82) is 0 Å². The highest BCUT2D eigenvalue weighted by molar-refractivity contribution is 7.89. The van der Waals surface area contributed by atoms with Gasteiger partial charge in [0, 0.05) is 0 Å². The van der Waals surface area contributed by atoms with Gasteiger partial charge in [-0.05, 0) is 25.5 Å². The summed E-state index contributed by atoms with van der Waals surface area (Å²) in [6.45, 7) is 10.7. The summed E-state index contributed by atoms with van der Waals surface area (Å²) < 4.78 is 27.7. The second-order valence-corrected chi connectivity index (χ2v) is 14.6. The Kier molecular flexibility index (Phi) is 6.53. The maximum absolute atomic E-state index is 13.0. The molecule has 1 aromatic carbocycles. The number of unbranched alkanes of at least 4 members (excludes halogenated alkanes) is 3. The fraction of sp³-hybridized carbons (Fsp3) is 0.600. The highest BCUT2D eigenvalue weighted by Crippen LogP contribution is 2.38. The maximum Gasteiger partial charge on any atom is 0.244 e. The lowest BCUT2D eigenvalue weighted by molar-refractivity contribution is 0.536. The van der Waals surface area contributed by atoms with Crippen molar-refractivity contribution in [2.45, 2.75) is 82.6 Å². The molecule has 1 unspecified atom stereocenters. The minimum Gasteiger partial charge on any atom is -0.207 e. The molecule has 0 saturated carbocycles. The lowest BCUT2D eigenvalue weighted by Gasteiger charge is -2.07. The number of sulfonamides is 1. The molecule has 3 atom stereocenters. The van der Waals surface area contributed by atoms with Crippen molar-refractivity contribution in [2.24, 2.45) is 0 Å². The van der Waals surface area contributed by atoms with Crippen LogP contribution in [0.25, 0.3) is 0 Å². The van der Waals surface area contributed by atoms with E-state index in [9.17, 15) is 8.42 Å². The van der Waals surface area contributed by atoms with E-state index in [2.05, 4.69) is 38.0 Å². The van der Waals surface area contributed by atoms with Gasteiger partial charge in [0.2, 0.25) is 10.0 Å². The Hall–Kier alpha value is -1.09. The Labute approximate surface area is 154 Å². The zero-order chi connectivity index (χ0) is 18.7. The minimum absolute atomic E-state index is 0.0482. The molecule has 0 radical (unpaired) electrons. The normalized spacial score (nSPS) is 23.0. The van der Waals surface area contributed by atoms with Crippen molar-refractivity contribution in [2.75, 3.05) is 0 Å². The number of rotatable bonds is 7. The minimum atomic E-state index is -3.45. The fourth-order valence-corrected chi connectivity index (χ4v) is 5.25. The molecule has 0 amide bonds. The second kappa shape index (κ2) is 8.07. The Morgan fingerprint density at radius 3 is 2.28 bits per heavy atom. The molecule has 0 aliphatic carbocycles. The third-order valence-corrected chi connectivity index (χ3v) is 7.24. The first kappa shape index (κ1) is 20.2. The molecule has 1 aliphatic heterocycles. The molecule has 3 nitrogen and oxygen atoms in total. The molecule has 1 saturated heterocycles. The first-order valence-corrected chi connectivity index (χ1v) is 14.2. The first-order chi connectivity index (χ1) is 11.7. The third-order valence-electron chi connectivity index (χ3n) is 4.42. The number of benzene rings is 1. The molecule has 0 spiro atoms. The van der Waals surface area contributed by atoms with Crippen molar-refractivity contribution in [3.63, 3.8) is 0 Å². The number of nitrogens with zero attached hydrogens (tertiary/aromatic N) is 1. The van der Waals surface area contributed by atoms with Crippen molar-refractivity contribution in [1.82, 2.24) is 4.31 Å². The van der Waals surface area contributed by atoms with Crippen LogP contribution in [0.15, 0.2) is 29.2 Å². The molecule has 138 valence electrons. The largest absolute Gasteiger partial charge is 0.244 e. The van der Waals surface area contributed by atoms with Gasteiger partial charge in [-0.1, -0.05) is 75.9 Å². The van der Waals surface area contributed by atoms with Gasteiger partial charge in [0.1, 0.15) is 14.1 Å². The molecule has 1 fully saturated rings. The molecule has 1 heterocycles. The highest BCUT2D eigenvalue weighted by Gasteiger charge is 2.54. The molecule has 1 aliphatic rings. The summed E-state index contributed by atoms with van der Waals surface area (Å²) >= 11 is 0. The summed E-state index contributed by atoms with van der Waals surface area (Å²) in [7, 11) is -4.96. The van der Waals surface area contributed by atoms with Gasteiger partial charge in [-0.3, -0.25) is 0 Å². The van der Waals surface area contributed by atoms with Crippen LogP contribution in [0.1, 0.15) is 44.6 Å². The average Bonchev–Trinajstić information content (AvgIpc) is 3.23. The number of aryl methyl sites for hydroxylation is 1. The molecule has 25 heavy (non-hydrogen) atoms. The van der Waals surface area contributed by atoms with E-state index in [0.717, 1.165) is 18.4 Å². The predicted molar refractivity (Wildman–Crippen MR) is 108 cm³/mol. The molecule has 0 bridgehead atoms. The molecule has 2 rings (SSSR count). The van der Waals surface area contributed by atoms with E-state index >= 15 is 0 Å². The van der Waals surface area contributed by atoms with Gasteiger partial charge in [0.15, 0.2) is 0 Å². The number of hydrogen-bond donors (Lipinski definition) is 0. The van der Waals surface area contributed by atoms with Crippen molar-refractivity contribution in [3.05, 3.63) is 29.8 Å². The van der Waals surface area contributed by atoms with Crippen LogP contribution in [-0.4, -0.2) is 32.9 Å². The second-order valence-electron chi connectivity index (χ2n) is 8.03. The Bertz CT molecular complexity index is 739. The van der Waals surface area contributed by atoms with Gasteiger partial charge in [0.25, 0.3) is 0 Å². The highest BCUT2D eigenvalue weighted by atomic mass is 32.2. The third kappa shape index (κ3) is 5.44. The van der Waals surface area contributed by atoms with Gasteiger partial charge < -0.3 is 0 Å². The summed E-state index contributed by atoms with van der Waals surface area (Å²) in [6, 6.07) is 7.04. The molecular formula is C20H31NO2SSi. The van der Waals surface area contributed by atoms with Crippen LogP contribution in [0.2, 0.25) is 19.6 Å². The van der Waals surface area contributed by atoms with E-state index in [4.69, 9.17) is 0 Å². The van der Waals surface area contributed by atoms with Crippen LogP contribution >= 0.6 is 0 Å². The van der Waals surface area contributed by atoms with Crippen LogP contribution in [0.3, 0.4) is 0 Å². The summed E-state index contributed by atoms with van der Waals surface area (Å²) in [4.78, 5) is 0.383. The molecule has 5 heteroatoms. The fourth-order valence-electron chi connectivity index (χ4n) is 2.93. The van der Waals surface area contributed by atoms with Crippen LogP contribution < -0.4 is 0 Å². The maximum atomic E-state index is 13.0. The van der Waals surface area contributed by atoms with Crippen LogP contribution in [0.5, 0.6) is 0 Å². The standard InChI is InChI=1S/C20H31NO2SSi/c1-6-7-8-9-10-19-20(15-16-25(3,4)5)21(19)24(22,23)18-13-11-17(2)12-14-18/h11-14,19-20H,6-10H2,1-5H3/t19-,20-,21?/m1/s1. The summed E-state index contributed by atoms with van der Waals surface area (Å²) in [6.07, 6.45) is 5.55. The Morgan fingerprint density at radius 1 is 1.08 bits per heavy atom. The van der Waals surface area contributed by atoms with Gasteiger partial charge in [-0.2, -0.15) is 4.31 Å². The molecule has 0 aromatic heterocycles. The SMILES string of the molecule is CCCCCC[C@@H]1[C@@H](C#C[Si](C)(C)C)N1S(=O)(=O)c1ccc(C)cc1. The topological polar surface area (TPSA) is 37.1 Å². The van der Waals surface area contributed by atoms with E-state index in [-0.39, 0.29) is 12.1 Å². The quantitative estimate of drug-likeness (QED) is 0.302. The Morgan fingerprint density at radius 2 is 1.72 bits per heavy atom. The van der Waals surface area contributed by atoms with Crippen molar-refractivity contribution >= 4 is 18.1 Å². The molecule has 0 N–H and O–H groups in total. The zero-order valence-corrected chi connectivity index (χ0v) is 18.0. The molecular weight excluding hydrogens is 346 g/mol. The van der Waals surface area contributed by atoms with Crippen molar-refractivity contribution < 1.29 is 8.42 Å². The summed E-state index contributed by atoms with van der Waals surface area (Å²) in [5.41, 5.74) is 4.43. The van der Waals surface area contributed by atoms with Gasteiger partial charge in [0.05, 0.1) is 10.9 Å². The van der Waals surface area contributed by atoms with Crippen LogP contribution in [-0.2, 0) is 10.0 Å². The first-order valence-electron chi connectivity index (χ1n) is 9.30. The lowest BCUT2D eigenvalue weighted by atomic mass is 10.1. The van der Waals surface area contributed by atoms with E-state index in [1.807, 2.05) is 19.1 Å². The van der Waals surface area contributed by atoms with E-state index < -0.39 is 18.1 Å². The van der Waals surface area contributed by atoms with Gasteiger partial charge in [-0.25, -0.2) is 8.42 Å². The smallest absolute Gasteiger partial charge is 0.207 e. The van der Waals surface area contributed by atoms with E-state index in [1.54, 1.807) is 16.4 Å². The number of hydrogen-bond acceptors (Lipinski definition) is 2. The van der Waals surface area contributed by atoms with Crippen molar-refractivity contribution in [3.8, 4) is 11.5 Å². The summed E-state index contributed by atoms with van der Waals surface area (Å²) in [5.74, 6) is 3.28. The predicted octanol–water partition coefficient (Wildman–Crippen LogP) is 4.59.